The lowest BCUT2D eigenvalue weighted by atomic mass is 10.3. The van der Waals surface area contributed by atoms with Gasteiger partial charge in [0.2, 0.25) is 0 Å². The van der Waals surface area contributed by atoms with E-state index < -0.39 is 12.0 Å². The molecule has 6 heteroatoms. The van der Waals surface area contributed by atoms with E-state index in [4.69, 9.17) is 5.11 Å². The van der Waals surface area contributed by atoms with Crippen LogP contribution < -0.4 is 5.32 Å². The molecule has 1 aromatic heterocycles. The maximum Gasteiger partial charge on any atom is 0.327 e. The van der Waals surface area contributed by atoms with E-state index in [2.05, 4.69) is 22.9 Å². The third-order valence-corrected chi connectivity index (χ3v) is 2.56. The van der Waals surface area contributed by atoms with E-state index in [1.807, 2.05) is 6.92 Å². The fraction of sp³-hybridized carbons (Fsp3) is 0.429. The molecule has 0 aliphatic heterocycles. The van der Waals surface area contributed by atoms with E-state index >= 15 is 0 Å². The van der Waals surface area contributed by atoms with Crippen molar-refractivity contribution >= 4 is 35.8 Å². The van der Waals surface area contributed by atoms with E-state index in [-0.39, 0.29) is 5.75 Å². The number of thiazole rings is 1. The first-order valence-electron chi connectivity index (χ1n) is 3.66. The van der Waals surface area contributed by atoms with E-state index in [1.54, 1.807) is 5.38 Å². The van der Waals surface area contributed by atoms with Crippen LogP contribution in [-0.4, -0.2) is 27.9 Å². The zero-order chi connectivity index (χ0) is 9.84. The highest BCUT2D eigenvalue weighted by Gasteiger charge is 2.15. The van der Waals surface area contributed by atoms with Crippen LogP contribution in [0, 0.1) is 6.92 Å². The number of hydrogen-bond donors (Lipinski definition) is 3. The summed E-state index contributed by atoms with van der Waals surface area (Å²) < 4.78 is 0. The third kappa shape index (κ3) is 2.89. The van der Waals surface area contributed by atoms with Gasteiger partial charge in [0.1, 0.15) is 11.9 Å². The molecule has 0 fully saturated rings. The number of carboxylic acids is 1. The lowest BCUT2D eigenvalue weighted by Gasteiger charge is -2.09. The van der Waals surface area contributed by atoms with Gasteiger partial charge in [0, 0.05) is 11.1 Å². The first-order chi connectivity index (χ1) is 6.13. The number of thiol groups is 1. The number of anilines is 1. The van der Waals surface area contributed by atoms with E-state index in [9.17, 15) is 4.79 Å². The minimum absolute atomic E-state index is 0.242. The van der Waals surface area contributed by atoms with Gasteiger partial charge in [0.05, 0.1) is 5.01 Å². The fourth-order valence-corrected chi connectivity index (χ4v) is 1.60. The van der Waals surface area contributed by atoms with Crippen molar-refractivity contribution in [1.29, 1.82) is 0 Å². The van der Waals surface area contributed by atoms with Crippen LogP contribution >= 0.6 is 24.0 Å². The quantitative estimate of drug-likeness (QED) is 0.666. The first kappa shape index (κ1) is 10.3. The summed E-state index contributed by atoms with van der Waals surface area (Å²) in [6, 6.07) is -0.676. The molecule has 0 radical (unpaired) electrons. The summed E-state index contributed by atoms with van der Waals surface area (Å²) >= 11 is 5.40. The number of carbonyl (C=O) groups is 1. The maximum atomic E-state index is 10.6. The zero-order valence-electron chi connectivity index (χ0n) is 7.02. The summed E-state index contributed by atoms with van der Waals surface area (Å²) in [6.45, 7) is 1.87. The summed E-state index contributed by atoms with van der Waals surface area (Å²) in [5, 5.41) is 14.2. The predicted molar refractivity (Wildman–Crippen MR) is 55.8 cm³/mol. The Balaban J connectivity index is 2.61. The molecule has 0 bridgehead atoms. The molecule has 0 spiro atoms. The van der Waals surface area contributed by atoms with Gasteiger partial charge in [-0.2, -0.15) is 12.6 Å². The first-order valence-corrected chi connectivity index (χ1v) is 5.17. The largest absolute Gasteiger partial charge is 0.480 e. The average Bonchev–Trinajstić information content (AvgIpc) is 2.46. The Morgan fingerprint density at radius 3 is 3.00 bits per heavy atom. The number of nitrogens with zero attached hydrogens (tertiary/aromatic N) is 1. The van der Waals surface area contributed by atoms with Crippen molar-refractivity contribution in [3.05, 3.63) is 10.4 Å². The van der Waals surface area contributed by atoms with Crippen LogP contribution in [0.3, 0.4) is 0 Å². The molecule has 0 aromatic carbocycles. The summed E-state index contributed by atoms with van der Waals surface area (Å²) in [5.74, 6) is -0.0732. The molecule has 0 aliphatic rings. The molecule has 1 heterocycles. The Labute approximate surface area is 85.4 Å². The standard InChI is InChI=1S/C7H10N2O2S2/c1-4-8-6(3-13-4)9-5(2-12)7(10)11/h3,5,9,12H,2H2,1H3,(H,10,11)/t5-/m0/s1. The van der Waals surface area contributed by atoms with E-state index in [0.29, 0.717) is 5.82 Å². The molecule has 0 aliphatic carbocycles. The lowest BCUT2D eigenvalue weighted by Crippen LogP contribution is -2.30. The monoisotopic (exact) mass is 218 g/mol. The van der Waals surface area contributed by atoms with Crippen LogP contribution in [0.4, 0.5) is 5.82 Å². The van der Waals surface area contributed by atoms with Crippen LogP contribution in [0.25, 0.3) is 0 Å². The van der Waals surface area contributed by atoms with Gasteiger partial charge in [-0.25, -0.2) is 9.78 Å². The van der Waals surface area contributed by atoms with Crippen LogP contribution in [0.1, 0.15) is 5.01 Å². The topological polar surface area (TPSA) is 62.2 Å². The number of aryl methyl sites for hydroxylation is 1. The highest BCUT2D eigenvalue weighted by atomic mass is 32.1. The molecule has 0 unspecified atom stereocenters. The molecular weight excluding hydrogens is 208 g/mol. The summed E-state index contributed by atoms with van der Waals surface area (Å²) in [5.41, 5.74) is 0. The average molecular weight is 218 g/mol. The Kier molecular flexibility index (Phi) is 3.56. The van der Waals surface area contributed by atoms with Crippen molar-refractivity contribution in [2.75, 3.05) is 11.1 Å². The molecule has 0 saturated heterocycles. The number of rotatable bonds is 4. The zero-order valence-corrected chi connectivity index (χ0v) is 8.73. The smallest absolute Gasteiger partial charge is 0.327 e. The minimum atomic E-state index is -0.916. The van der Waals surface area contributed by atoms with Crippen LogP contribution in [0.15, 0.2) is 5.38 Å². The van der Waals surface area contributed by atoms with Gasteiger partial charge < -0.3 is 10.4 Å². The van der Waals surface area contributed by atoms with Crippen molar-refractivity contribution in [2.45, 2.75) is 13.0 Å². The van der Waals surface area contributed by atoms with Crippen molar-refractivity contribution in [3.8, 4) is 0 Å². The normalized spacial score (nSPS) is 12.5. The van der Waals surface area contributed by atoms with Gasteiger partial charge in [0.15, 0.2) is 0 Å². The molecule has 0 saturated carbocycles. The van der Waals surface area contributed by atoms with Crippen molar-refractivity contribution in [1.82, 2.24) is 4.98 Å². The summed E-state index contributed by atoms with van der Waals surface area (Å²) in [6.07, 6.45) is 0. The lowest BCUT2D eigenvalue weighted by molar-refractivity contribution is -0.137. The maximum absolute atomic E-state index is 10.6. The predicted octanol–water partition coefficient (Wildman–Crippen LogP) is 1.25. The molecule has 0 amide bonds. The van der Waals surface area contributed by atoms with Crippen LogP contribution in [0.2, 0.25) is 0 Å². The van der Waals surface area contributed by atoms with Crippen molar-refractivity contribution < 1.29 is 9.90 Å². The second-order valence-corrected chi connectivity index (χ2v) is 3.90. The third-order valence-electron chi connectivity index (χ3n) is 1.42. The molecule has 1 atom stereocenters. The van der Waals surface area contributed by atoms with Gasteiger partial charge in [0.25, 0.3) is 0 Å². The van der Waals surface area contributed by atoms with Gasteiger partial charge in [-0.05, 0) is 6.92 Å². The van der Waals surface area contributed by atoms with Crippen LogP contribution in [-0.2, 0) is 4.79 Å². The van der Waals surface area contributed by atoms with Gasteiger partial charge in [-0.3, -0.25) is 0 Å². The Morgan fingerprint density at radius 2 is 2.62 bits per heavy atom. The molecule has 1 aromatic rings. The number of nitrogens with one attached hydrogen (secondary N) is 1. The molecule has 72 valence electrons. The SMILES string of the molecule is Cc1nc(N[C@@H](CS)C(=O)O)cs1. The van der Waals surface area contributed by atoms with Gasteiger partial charge in [-0.1, -0.05) is 0 Å². The Hall–Kier alpha value is -0.750. The second kappa shape index (κ2) is 4.48. The molecule has 4 nitrogen and oxygen atoms in total. The highest BCUT2D eigenvalue weighted by Crippen LogP contribution is 2.13. The number of aromatic nitrogens is 1. The van der Waals surface area contributed by atoms with Gasteiger partial charge >= 0.3 is 5.97 Å². The Morgan fingerprint density at radius 1 is 1.92 bits per heavy atom. The number of aliphatic carboxylic acids is 1. The van der Waals surface area contributed by atoms with Crippen molar-refractivity contribution in [2.24, 2.45) is 0 Å². The van der Waals surface area contributed by atoms with Crippen molar-refractivity contribution in [3.63, 3.8) is 0 Å². The van der Waals surface area contributed by atoms with E-state index in [1.165, 1.54) is 11.3 Å². The molecule has 2 N–H and O–H groups in total. The highest BCUT2D eigenvalue weighted by molar-refractivity contribution is 7.80. The number of carboxylic acid groups (broad SMARTS) is 1. The molecule has 13 heavy (non-hydrogen) atoms. The summed E-state index contributed by atoms with van der Waals surface area (Å²) in [7, 11) is 0. The number of hydrogen-bond acceptors (Lipinski definition) is 5. The van der Waals surface area contributed by atoms with E-state index in [0.717, 1.165) is 5.01 Å². The second-order valence-electron chi connectivity index (χ2n) is 2.47. The molecule has 1 rings (SSSR count). The Bertz CT molecular complexity index is 300. The summed E-state index contributed by atoms with van der Waals surface area (Å²) in [4.78, 5) is 14.7. The minimum Gasteiger partial charge on any atom is -0.480 e. The van der Waals surface area contributed by atoms with Gasteiger partial charge in [-0.15, -0.1) is 11.3 Å². The van der Waals surface area contributed by atoms with Crippen LogP contribution in [0.5, 0.6) is 0 Å². The molecular formula is C7H10N2O2S2. The fourth-order valence-electron chi connectivity index (χ4n) is 0.794.